The Balaban J connectivity index is 4.00. The summed E-state index contributed by atoms with van der Waals surface area (Å²) >= 11 is 0. The molecule has 1 nitrogen and oxygen atoms in total. The quantitative estimate of drug-likeness (QED) is 0.461. The molecule has 0 saturated carbocycles. The molecular weight excluding hydrogens is 98.1 g/mol. The van der Waals surface area contributed by atoms with Crippen molar-refractivity contribution >= 4 is 6.21 Å². The van der Waals surface area contributed by atoms with Gasteiger partial charge in [-0.1, -0.05) is 5.57 Å². The highest BCUT2D eigenvalue weighted by atomic mass is 14.7. The third kappa shape index (κ3) is 2.56. The lowest BCUT2D eigenvalue weighted by Crippen LogP contribution is -1.73. The van der Waals surface area contributed by atoms with Crippen LogP contribution in [0.25, 0.3) is 0 Å². The van der Waals surface area contributed by atoms with E-state index >= 15 is 0 Å². The first-order valence-corrected chi connectivity index (χ1v) is 2.81. The monoisotopic (exact) mass is 111 g/mol. The highest BCUT2D eigenvalue weighted by molar-refractivity contribution is 5.55. The van der Waals surface area contributed by atoms with Crippen LogP contribution in [0.4, 0.5) is 0 Å². The minimum Gasteiger partial charge on any atom is -0.266 e. The molecule has 0 atom stereocenters. The van der Waals surface area contributed by atoms with Gasteiger partial charge < -0.3 is 0 Å². The Morgan fingerprint density at radius 1 is 1.25 bits per heavy atom. The van der Waals surface area contributed by atoms with Crippen LogP contribution < -0.4 is 0 Å². The van der Waals surface area contributed by atoms with Gasteiger partial charge in [0.2, 0.25) is 0 Å². The Morgan fingerprint density at radius 2 is 1.75 bits per heavy atom. The topological polar surface area (TPSA) is 12.4 Å². The molecule has 0 aliphatic carbocycles. The molecule has 0 aromatic heterocycles. The summed E-state index contributed by atoms with van der Waals surface area (Å²) in [5.74, 6) is 0. The standard InChI is InChI=1S/C7H13N/c1-5-8-7(4)6(2)3/h5H,1-4H3/b8-5-. The van der Waals surface area contributed by atoms with Gasteiger partial charge in [-0.05, 0) is 27.7 Å². The largest absolute Gasteiger partial charge is 0.266 e. The van der Waals surface area contributed by atoms with Crippen LogP contribution in [0.3, 0.4) is 0 Å². The Morgan fingerprint density at radius 3 is 1.88 bits per heavy atom. The van der Waals surface area contributed by atoms with E-state index in [9.17, 15) is 0 Å². The Labute approximate surface area is 51.1 Å². The third-order valence-electron chi connectivity index (χ3n) is 1.05. The second-order valence-corrected chi connectivity index (χ2v) is 1.97. The van der Waals surface area contributed by atoms with Gasteiger partial charge in [0.05, 0.1) is 0 Å². The number of rotatable bonds is 1. The van der Waals surface area contributed by atoms with Gasteiger partial charge in [-0.3, -0.25) is 4.99 Å². The van der Waals surface area contributed by atoms with Gasteiger partial charge in [-0.2, -0.15) is 0 Å². The maximum Gasteiger partial charge on any atom is 0.0355 e. The van der Waals surface area contributed by atoms with Gasteiger partial charge in [0.1, 0.15) is 0 Å². The Bertz CT molecular complexity index is 116. The van der Waals surface area contributed by atoms with Crippen molar-refractivity contribution in [1.82, 2.24) is 0 Å². The van der Waals surface area contributed by atoms with E-state index in [0.717, 1.165) is 5.70 Å². The number of hydrogen-bond donors (Lipinski definition) is 0. The maximum absolute atomic E-state index is 4.08. The summed E-state index contributed by atoms with van der Waals surface area (Å²) < 4.78 is 0. The highest BCUT2D eigenvalue weighted by Gasteiger charge is 1.81. The molecule has 0 fully saturated rings. The third-order valence-corrected chi connectivity index (χ3v) is 1.05. The van der Waals surface area contributed by atoms with E-state index in [2.05, 4.69) is 18.8 Å². The molecule has 0 aromatic rings. The van der Waals surface area contributed by atoms with Crippen molar-refractivity contribution in [1.29, 1.82) is 0 Å². The van der Waals surface area contributed by atoms with E-state index in [4.69, 9.17) is 0 Å². The minimum atomic E-state index is 1.12. The molecule has 0 spiro atoms. The van der Waals surface area contributed by atoms with Crippen molar-refractivity contribution in [3.63, 3.8) is 0 Å². The fourth-order valence-corrected chi connectivity index (χ4v) is 0.323. The van der Waals surface area contributed by atoms with Crippen LogP contribution in [0, 0.1) is 0 Å². The van der Waals surface area contributed by atoms with E-state index in [0.29, 0.717) is 0 Å². The van der Waals surface area contributed by atoms with Crippen LogP contribution in [0.1, 0.15) is 27.7 Å². The molecule has 0 bridgehead atoms. The first-order valence-electron chi connectivity index (χ1n) is 2.81. The highest BCUT2D eigenvalue weighted by Crippen LogP contribution is 2.00. The first-order chi connectivity index (χ1) is 3.68. The SMILES string of the molecule is C/C=N\C(C)=C(C)C. The molecule has 46 valence electrons. The average molecular weight is 111 g/mol. The van der Waals surface area contributed by atoms with E-state index in [1.165, 1.54) is 5.57 Å². The van der Waals surface area contributed by atoms with E-state index in [1.807, 2.05) is 20.1 Å². The molecule has 0 radical (unpaired) electrons. The molecule has 0 N–H and O–H groups in total. The smallest absolute Gasteiger partial charge is 0.0355 e. The van der Waals surface area contributed by atoms with Crippen LogP contribution in [-0.2, 0) is 0 Å². The lowest BCUT2D eigenvalue weighted by Gasteiger charge is -1.91. The van der Waals surface area contributed by atoms with Crippen LogP contribution in [0.5, 0.6) is 0 Å². The summed E-state index contributed by atoms with van der Waals surface area (Å²) in [5, 5.41) is 0. The van der Waals surface area contributed by atoms with Crippen molar-refractivity contribution in [3.05, 3.63) is 11.3 Å². The van der Waals surface area contributed by atoms with Crippen LogP contribution in [-0.4, -0.2) is 6.21 Å². The van der Waals surface area contributed by atoms with Gasteiger partial charge in [0, 0.05) is 11.9 Å². The number of nitrogens with zero attached hydrogens (tertiary/aromatic N) is 1. The fraction of sp³-hybridized carbons (Fsp3) is 0.571. The molecule has 8 heavy (non-hydrogen) atoms. The zero-order chi connectivity index (χ0) is 6.57. The molecular formula is C7H13N. The average Bonchev–Trinajstić information content (AvgIpc) is 1.67. The molecule has 0 aromatic carbocycles. The van der Waals surface area contributed by atoms with Crippen molar-refractivity contribution in [2.24, 2.45) is 4.99 Å². The summed E-state index contributed by atoms with van der Waals surface area (Å²) in [4.78, 5) is 4.08. The lowest BCUT2D eigenvalue weighted by molar-refractivity contribution is 1.19. The minimum absolute atomic E-state index is 1.12. The van der Waals surface area contributed by atoms with Crippen molar-refractivity contribution in [3.8, 4) is 0 Å². The Kier molecular flexibility index (Phi) is 3.16. The maximum atomic E-state index is 4.08. The zero-order valence-electron chi connectivity index (χ0n) is 6.02. The predicted octanol–water partition coefficient (Wildman–Crippen LogP) is 2.39. The normalized spacial score (nSPS) is 10.0. The molecule has 0 aliphatic heterocycles. The summed E-state index contributed by atoms with van der Waals surface area (Å²) in [5.41, 5.74) is 2.40. The molecule has 0 heterocycles. The van der Waals surface area contributed by atoms with E-state index < -0.39 is 0 Å². The summed E-state index contributed by atoms with van der Waals surface area (Å²) in [6, 6.07) is 0. The van der Waals surface area contributed by atoms with Gasteiger partial charge in [-0.15, -0.1) is 0 Å². The number of allylic oxidation sites excluding steroid dienone is 2. The fourth-order valence-electron chi connectivity index (χ4n) is 0.323. The van der Waals surface area contributed by atoms with Crippen LogP contribution in [0.15, 0.2) is 16.3 Å². The summed E-state index contributed by atoms with van der Waals surface area (Å²) in [7, 11) is 0. The van der Waals surface area contributed by atoms with Crippen molar-refractivity contribution in [2.45, 2.75) is 27.7 Å². The van der Waals surface area contributed by atoms with Gasteiger partial charge in [0.25, 0.3) is 0 Å². The van der Waals surface area contributed by atoms with Crippen LogP contribution in [0.2, 0.25) is 0 Å². The van der Waals surface area contributed by atoms with Gasteiger partial charge >= 0.3 is 0 Å². The van der Waals surface area contributed by atoms with E-state index in [-0.39, 0.29) is 0 Å². The van der Waals surface area contributed by atoms with Gasteiger partial charge in [0.15, 0.2) is 0 Å². The summed E-state index contributed by atoms with van der Waals surface area (Å²) in [6.07, 6.45) is 1.81. The second-order valence-electron chi connectivity index (χ2n) is 1.97. The second kappa shape index (κ2) is 3.42. The molecule has 1 heteroatoms. The Hall–Kier alpha value is -0.590. The zero-order valence-corrected chi connectivity index (χ0v) is 6.02. The molecule has 0 unspecified atom stereocenters. The van der Waals surface area contributed by atoms with Crippen molar-refractivity contribution < 1.29 is 0 Å². The van der Waals surface area contributed by atoms with Crippen molar-refractivity contribution in [2.75, 3.05) is 0 Å². The lowest BCUT2D eigenvalue weighted by atomic mass is 10.3. The predicted molar refractivity (Wildman–Crippen MR) is 38.2 cm³/mol. The number of hydrogen-bond acceptors (Lipinski definition) is 1. The molecule has 0 aliphatic rings. The first kappa shape index (κ1) is 7.41. The molecule has 0 amide bonds. The summed E-state index contributed by atoms with van der Waals surface area (Å²) in [6.45, 7) is 8.05. The van der Waals surface area contributed by atoms with Crippen LogP contribution >= 0.6 is 0 Å². The van der Waals surface area contributed by atoms with E-state index in [1.54, 1.807) is 0 Å². The molecule has 0 saturated heterocycles. The molecule has 0 rings (SSSR count). The number of aliphatic imine (C=N–C) groups is 1. The van der Waals surface area contributed by atoms with Gasteiger partial charge in [-0.25, -0.2) is 0 Å².